The van der Waals surface area contributed by atoms with E-state index in [-0.39, 0.29) is 17.2 Å². The summed E-state index contributed by atoms with van der Waals surface area (Å²) in [6.07, 6.45) is 1.01. The maximum Gasteiger partial charge on any atom is 0.337 e. The van der Waals surface area contributed by atoms with Crippen LogP contribution in [0.15, 0.2) is 66.7 Å². The Kier molecular flexibility index (Phi) is 5.96. The number of anilines is 2. The van der Waals surface area contributed by atoms with Crippen molar-refractivity contribution in [2.24, 2.45) is 0 Å². The first-order chi connectivity index (χ1) is 14.9. The van der Waals surface area contributed by atoms with Gasteiger partial charge < -0.3 is 15.3 Å². The Labute approximate surface area is 186 Å². The van der Waals surface area contributed by atoms with E-state index in [0.717, 1.165) is 25.2 Å². The molecule has 1 heterocycles. The summed E-state index contributed by atoms with van der Waals surface area (Å²) in [5.74, 6) is -1.05. The van der Waals surface area contributed by atoms with Crippen molar-refractivity contribution < 1.29 is 14.7 Å². The number of amides is 1. The molecule has 3 aromatic rings. The molecular formula is C25H23ClN2O3. The summed E-state index contributed by atoms with van der Waals surface area (Å²) in [6.45, 7) is 3.78. The molecule has 2 N–H and O–H groups in total. The van der Waals surface area contributed by atoms with Crippen LogP contribution in [0.25, 0.3) is 0 Å². The molecule has 0 aromatic heterocycles. The Morgan fingerprint density at radius 2 is 1.84 bits per heavy atom. The summed E-state index contributed by atoms with van der Waals surface area (Å²) in [4.78, 5) is 26.6. The van der Waals surface area contributed by atoms with Gasteiger partial charge in [-0.1, -0.05) is 41.4 Å². The number of carbonyl (C=O) groups is 2. The van der Waals surface area contributed by atoms with Crippen LogP contribution in [0.3, 0.4) is 0 Å². The van der Waals surface area contributed by atoms with Crippen LogP contribution in [0, 0.1) is 6.92 Å². The molecule has 5 nitrogen and oxygen atoms in total. The largest absolute Gasteiger partial charge is 0.478 e. The van der Waals surface area contributed by atoms with Gasteiger partial charge in [-0.25, -0.2) is 4.79 Å². The highest BCUT2D eigenvalue weighted by molar-refractivity contribution is 6.30. The zero-order chi connectivity index (χ0) is 22.0. The first kappa shape index (κ1) is 20.9. The van der Waals surface area contributed by atoms with E-state index < -0.39 is 5.97 Å². The molecule has 1 aliphatic rings. The number of nitrogens with zero attached hydrogens (tertiary/aromatic N) is 1. The van der Waals surface area contributed by atoms with Gasteiger partial charge in [0.25, 0.3) is 5.91 Å². The standard InChI is InChI=1S/C25H23ClN2O3/c1-16-3-2-4-18(13-16)19-11-12-28(15-19)21-9-10-23(22(14-21)25(30)31)27-24(29)17-5-7-20(26)8-6-17/h2-10,13-14,19H,11-12,15H2,1H3,(H,27,29)(H,30,31)/t19-/m0/s1. The Bertz CT molecular complexity index is 1130. The van der Waals surface area contributed by atoms with E-state index in [1.54, 1.807) is 36.4 Å². The Hall–Kier alpha value is -3.31. The lowest BCUT2D eigenvalue weighted by molar-refractivity contribution is 0.0698. The van der Waals surface area contributed by atoms with E-state index in [2.05, 4.69) is 41.4 Å². The maximum atomic E-state index is 12.5. The molecule has 0 bridgehead atoms. The van der Waals surface area contributed by atoms with Crippen LogP contribution in [0.5, 0.6) is 0 Å². The average molecular weight is 435 g/mol. The molecule has 1 fully saturated rings. The predicted molar refractivity (Wildman–Crippen MR) is 124 cm³/mol. The zero-order valence-corrected chi connectivity index (χ0v) is 17.9. The lowest BCUT2D eigenvalue weighted by Crippen LogP contribution is -2.20. The zero-order valence-electron chi connectivity index (χ0n) is 17.1. The van der Waals surface area contributed by atoms with Gasteiger partial charge >= 0.3 is 5.97 Å². The fourth-order valence-electron chi connectivity index (χ4n) is 4.00. The van der Waals surface area contributed by atoms with Crippen molar-refractivity contribution in [3.63, 3.8) is 0 Å². The number of aromatic carboxylic acids is 1. The van der Waals surface area contributed by atoms with E-state index in [1.807, 2.05) is 6.07 Å². The second kappa shape index (κ2) is 8.82. The van der Waals surface area contributed by atoms with Crippen LogP contribution in [0.1, 0.15) is 44.2 Å². The summed E-state index contributed by atoms with van der Waals surface area (Å²) < 4.78 is 0. The lowest BCUT2D eigenvalue weighted by atomic mass is 9.97. The van der Waals surface area contributed by atoms with Gasteiger partial charge in [-0.2, -0.15) is 0 Å². The van der Waals surface area contributed by atoms with Crippen molar-refractivity contribution in [2.45, 2.75) is 19.3 Å². The summed E-state index contributed by atoms with van der Waals surface area (Å²) >= 11 is 5.87. The van der Waals surface area contributed by atoms with Crippen LogP contribution in [-0.2, 0) is 0 Å². The topological polar surface area (TPSA) is 69.6 Å². The minimum Gasteiger partial charge on any atom is -0.478 e. The number of carboxylic acids is 1. The number of rotatable bonds is 5. The van der Waals surface area contributed by atoms with Gasteiger partial charge in [0, 0.05) is 35.3 Å². The first-order valence-corrected chi connectivity index (χ1v) is 10.5. The fraction of sp³-hybridized carbons (Fsp3) is 0.200. The number of halogens is 1. The fourth-order valence-corrected chi connectivity index (χ4v) is 4.13. The summed E-state index contributed by atoms with van der Waals surface area (Å²) in [6, 6.07) is 20.1. The van der Waals surface area contributed by atoms with Crippen LogP contribution < -0.4 is 10.2 Å². The number of hydrogen-bond donors (Lipinski definition) is 2. The SMILES string of the molecule is Cc1cccc([C@H]2CCN(c3ccc(NC(=O)c4ccc(Cl)cc4)c(C(=O)O)c3)C2)c1. The van der Waals surface area contributed by atoms with Gasteiger partial charge in [0.2, 0.25) is 0 Å². The summed E-state index contributed by atoms with van der Waals surface area (Å²) in [7, 11) is 0. The summed E-state index contributed by atoms with van der Waals surface area (Å²) in [5.41, 5.74) is 4.14. The molecule has 1 atom stereocenters. The molecular weight excluding hydrogens is 412 g/mol. The number of aryl methyl sites for hydroxylation is 1. The van der Waals surface area contributed by atoms with Gasteiger partial charge in [-0.15, -0.1) is 0 Å². The van der Waals surface area contributed by atoms with Crippen molar-refractivity contribution in [2.75, 3.05) is 23.3 Å². The molecule has 0 spiro atoms. The molecule has 0 unspecified atom stereocenters. The average Bonchev–Trinajstić information content (AvgIpc) is 3.24. The van der Waals surface area contributed by atoms with Crippen LogP contribution in [-0.4, -0.2) is 30.1 Å². The molecule has 3 aromatic carbocycles. The van der Waals surface area contributed by atoms with Crippen molar-refractivity contribution >= 4 is 34.9 Å². The van der Waals surface area contributed by atoms with Gasteiger partial charge in [-0.05, 0) is 61.4 Å². The molecule has 0 aliphatic carbocycles. The normalized spacial score (nSPS) is 15.7. The van der Waals surface area contributed by atoms with E-state index in [4.69, 9.17) is 11.6 Å². The van der Waals surface area contributed by atoms with E-state index in [0.29, 0.717) is 16.5 Å². The van der Waals surface area contributed by atoms with Gasteiger partial charge in [0.15, 0.2) is 0 Å². The van der Waals surface area contributed by atoms with Gasteiger partial charge in [0.05, 0.1) is 11.3 Å². The number of carbonyl (C=O) groups excluding carboxylic acids is 1. The second-order valence-electron chi connectivity index (χ2n) is 7.84. The number of hydrogen-bond acceptors (Lipinski definition) is 3. The predicted octanol–water partition coefficient (Wildman–Crippen LogP) is 5.59. The first-order valence-electron chi connectivity index (χ1n) is 10.2. The monoisotopic (exact) mass is 434 g/mol. The molecule has 1 saturated heterocycles. The number of nitrogens with one attached hydrogen (secondary N) is 1. The maximum absolute atomic E-state index is 12.5. The van der Waals surface area contributed by atoms with Crippen molar-refractivity contribution in [3.8, 4) is 0 Å². The van der Waals surface area contributed by atoms with Crippen LogP contribution >= 0.6 is 11.6 Å². The molecule has 4 rings (SSSR count). The lowest BCUT2D eigenvalue weighted by Gasteiger charge is -2.20. The third-order valence-electron chi connectivity index (χ3n) is 5.66. The van der Waals surface area contributed by atoms with Crippen molar-refractivity contribution in [1.29, 1.82) is 0 Å². The number of carboxylic acid groups (broad SMARTS) is 1. The van der Waals surface area contributed by atoms with Gasteiger partial charge in [-0.3, -0.25) is 4.79 Å². The smallest absolute Gasteiger partial charge is 0.337 e. The molecule has 6 heteroatoms. The van der Waals surface area contributed by atoms with Gasteiger partial charge in [0.1, 0.15) is 0 Å². The quantitative estimate of drug-likeness (QED) is 0.549. The second-order valence-corrected chi connectivity index (χ2v) is 8.28. The molecule has 1 amide bonds. The summed E-state index contributed by atoms with van der Waals surface area (Å²) in [5, 5.41) is 13.0. The highest BCUT2D eigenvalue weighted by Gasteiger charge is 2.25. The minimum absolute atomic E-state index is 0.0684. The van der Waals surface area contributed by atoms with Crippen LogP contribution in [0.2, 0.25) is 5.02 Å². The Morgan fingerprint density at radius 1 is 1.06 bits per heavy atom. The van der Waals surface area contributed by atoms with Crippen molar-refractivity contribution in [3.05, 3.63) is 94.0 Å². The van der Waals surface area contributed by atoms with Crippen LogP contribution in [0.4, 0.5) is 11.4 Å². The highest BCUT2D eigenvalue weighted by Crippen LogP contribution is 2.33. The molecule has 0 saturated carbocycles. The highest BCUT2D eigenvalue weighted by atomic mass is 35.5. The third kappa shape index (κ3) is 4.72. The molecule has 0 radical (unpaired) electrons. The third-order valence-corrected chi connectivity index (χ3v) is 5.91. The molecule has 1 aliphatic heterocycles. The van der Waals surface area contributed by atoms with E-state index in [1.165, 1.54) is 11.1 Å². The van der Waals surface area contributed by atoms with Crippen molar-refractivity contribution in [1.82, 2.24) is 0 Å². The minimum atomic E-state index is -1.08. The van der Waals surface area contributed by atoms with E-state index in [9.17, 15) is 14.7 Å². The Balaban J connectivity index is 1.53. The van der Waals surface area contributed by atoms with E-state index >= 15 is 0 Å². The Morgan fingerprint density at radius 3 is 2.55 bits per heavy atom. The molecule has 31 heavy (non-hydrogen) atoms. The number of benzene rings is 3. The molecule has 158 valence electrons.